The Kier molecular flexibility index (Phi) is 7.96. The molecule has 1 N–H and O–H groups in total. The van der Waals surface area contributed by atoms with Crippen LogP contribution in [0.3, 0.4) is 0 Å². The molecule has 1 aromatic heterocycles. The fourth-order valence-electron chi connectivity index (χ4n) is 2.71. The van der Waals surface area contributed by atoms with Crippen LogP contribution in [0.15, 0.2) is 71.8 Å². The average Bonchev–Trinajstić information content (AvgIpc) is 2.76. The largest absolute Gasteiger partial charge is 0.454 e. The van der Waals surface area contributed by atoms with E-state index in [1.165, 1.54) is 17.0 Å². The van der Waals surface area contributed by atoms with Crippen molar-refractivity contribution in [2.45, 2.75) is 6.54 Å². The highest BCUT2D eigenvalue weighted by molar-refractivity contribution is 14.1. The predicted molar refractivity (Wildman–Crippen MR) is 132 cm³/mol. The number of ether oxygens (including phenoxy) is 1. The minimum atomic E-state index is -0.626. The SMILES string of the molecule is O=C(COC(=O)Cn1cc(I)c(=O)c(I)c1)Nc1ccccc1C(=O)c1ccccc1. The van der Waals surface area contributed by atoms with Gasteiger partial charge in [-0.3, -0.25) is 19.2 Å². The van der Waals surface area contributed by atoms with Gasteiger partial charge in [0, 0.05) is 23.5 Å². The van der Waals surface area contributed by atoms with Crippen LogP contribution in [0.25, 0.3) is 0 Å². The first-order valence-electron chi connectivity index (χ1n) is 9.04. The van der Waals surface area contributed by atoms with Crippen molar-refractivity contribution in [3.63, 3.8) is 0 Å². The van der Waals surface area contributed by atoms with Gasteiger partial charge in [-0.2, -0.15) is 0 Å². The number of halogens is 2. The van der Waals surface area contributed by atoms with Gasteiger partial charge in [0.05, 0.1) is 12.8 Å². The van der Waals surface area contributed by atoms with Crippen molar-refractivity contribution in [3.8, 4) is 0 Å². The highest BCUT2D eigenvalue weighted by Gasteiger charge is 2.16. The van der Waals surface area contributed by atoms with Crippen LogP contribution in [0.1, 0.15) is 15.9 Å². The third-order valence-electron chi connectivity index (χ3n) is 4.15. The molecule has 0 fully saturated rings. The number of nitrogens with zero attached hydrogens (tertiary/aromatic N) is 1. The van der Waals surface area contributed by atoms with Gasteiger partial charge in [0.25, 0.3) is 5.91 Å². The van der Waals surface area contributed by atoms with Gasteiger partial charge in [-0.25, -0.2) is 0 Å². The number of anilines is 1. The molecule has 0 saturated carbocycles. The van der Waals surface area contributed by atoms with Crippen molar-refractivity contribution in [1.29, 1.82) is 0 Å². The van der Waals surface area contributed by atoms with Crippen LogP contribution in [-0.2, 0) is 20.9 Å². The van der Waals surface area contributed by atoms with E-state index in [0.717, 1.165) is 0 Å². The molecular weight excluding hydrogens is 626 g/mol. The lowest BCUT2D eigenvalue weighted by molar-refractivity contribution is -0.147. The van der Waals surface area contributed by atoms with E-state index in [9.17, 15) is 19.2 Å². The minimum absolute atomic E-state index is 0.103. The number of esters is 1. The lowest BCUT2D eigenvalue weighted by Gasteiger charge is -2.11. The number of para-hydroxylation sites is 1. The number of rotatable bonds is 7. The lowest BCUT2D eigenvalue weighted by atomic mass is 10.0. The maximum Gasteiger partial charge on any atom is 0.326 e. The molecule has 9 heteroatoms. The predicted octanol–water partition coefficient (Wildman–Crippen LogP) is 3.47. The molecule has 0 bridgehead atoms. The van der Waals surface area contributed by atoms with Gasteiger partial charge in [0.15, 0.2) is 12.4 Å². The number of nitrogens with one attached hydrogen (secondary N) is 1. The molecule has 0 aliphatic carbocycles. The molecule has 0 aliphatic rings. The Bertz CT molecular complexity index is 1170. The summed E-state index contributed by atoms with van der Waals surface area (Å²) in [5.74, 6) is -1.42. The monoisotopic (exact) mass is 642 g/mol. The van der Waals surface area contributed by atoms with Crippen LogP contribution in [0.4, 0.5) is 5.69 Å². The molecular formula is C22H16I2N2O5. The van der Waals surface area contributed by atoms with Gasteiger partial charge in [-0.1, -0.05) is 42.5 Å². The molecule has 0 saturated heterocycles. The van der Waals surface area contributed by atoms with Crippen LogP contribution >= 0.6 is 45.2 Å². The summed E-state index contributed by atoms with van der Waals surface area (Å²) in [6.45, 7) is -0.635. The van der Waals surface area contributed by atoms with Gasteiger partial charge < -0.3 is 14.6 Å². The summed E-state index contributed by atoms with van der Waals surface area (Å²) in [6.07, 6.45) is 3.08. The quantitative estimate of drug-likeness (QED) is 0.242. The highest BCUT2D eigenvalue weighted by Crippen LogP contribution is 2.19. The summed E-state index contributed by atoms with van der Waals surface area (Å²) in [5, 5.41) is 2.62. The average molecular weight is 642 g/mol. The second-order valence-corrected chi connectivity index (χ2v) is 8.73. The van der Waals surface area contributed by atoms with Crippen molar-refractivity contribution in [1.82, 2.24) is 4.57 Å². The summed E-state index contributed by atoms with van der Waals surface area (Å²) in [7, 11) is 0. The second kappa shape index (κ2) is 10.7. The number of aromatic nitrogens is 1. The number of carbonyl (C=O) groups is 3. The van der Waals surface area contributed by atoms with Gasteiger partial charge in [0.1, 0.15) is 6.54 Å². The number of benzene rings is 2. The highest BCUT2D eigenvalue weighted by atomic mass is 127. The Morgan fingerprint density at radius 2 is 1.52 bits per heavy atom. The zero-order valence-corrected chi connectivity index (χ0v) is 20.3. The van der Waals surface area contributed by atoms with E-state index in [0.29, 0.717) is 24.0 Å². The molecule has 158 valence electrons. The smallest absolute Gasteiger partial charge is 0.326 e. The van der Waals surface area contributed by atoms with Crippen LogP contribution in [-0.4, -0.2) is 28.8 Å². The van der Waals surface area contributed by atoms with Crippen LogP contribution < -0.4 is 10.7 Å². The molecule has 1 amide bonds. The van der Waals surface area contributed by atoms with Gasteiger partial charge >= 0.3 is 5.97 Å². The van der Waals surface area contributed by atoms with Crippen molar-refractivity contribution < 1.29 is 19.1 Å². The second-order valence-electron chi connectivity index (χ2n) is 6.41. The standard InChI is InChI=1S/C22H16I2N2O5/c23-16-10-26(11-17(24)22(16)30)12-20(28)31-13-19(27)25-18-9-5-4-8-15(18)21(29)14-6-2-1-3-7-14/h1-11H,12-13H2,(H,25,27). The van der Waals surface area contributed by atoms with E-state index in [1.807, 2.05) is 51.2 Å². The van der Waals surface area contributed by atoms with E-state index < -0.39 is 18.5 Å². The fraction of sp³-hybridized carbons (Fsp3) is 0.0909. The van der Waals surface area contributed by atoms with Gasteiger partial charge in [-0.15, -0.1) is 0 Å². The lowest BCUT2D eigenvalue weighted by Crippen LogP contribution is -2.24. The molecule has 1 heterocycles. The van der Waals surface area contributed by atoms with Crippen LogP contribution in [0.5, 0.6) is 0 Å². The fourth-order valence-corrected chi connectivity index (χ4v) is 4.53. The van der Waals surface area contributed by atoms with Gasteiger partial charge in [-0.05, 0) is 57.3 Å². The first-order chi connectivity index (χ1) is 14.8. The first-order valence-corrected chi connectivity index (χ1v) is 11.2. The number of hydrogen-bond donors (Lipinski definition) is 1. The minimum Gasteiger partial charge on any atom is -0.454 e. The maximum atomic E-state index is 12.7. The topological polar surface area (TPSA) is 94.5 Å². The third kappa shape index (κ3) is 6.23. The van der Waals surface area contributed by atoms with E-state index in [1.54, 1.807) is 48.5 Å². The summed E-state index contributed by atoms with van der Waals surface area (Å²) < 4.78 is 7.52. The number of hydrogen-bond acceptors (Lipinski definition) is 5. The third-order valence-corrected chi connectivity index (χ3v) is 5.69. The molecule has 0 unspecified atom stereocenters. The van der Waals surface area contributed by atoms with Crippen molar-refractivity contribution in [2.75, 3.05) is 11.9 Å². The summed E-state index contributed by atoms with van der Waals surface area (Å²) in [4.78, 5) is 48.8. The summed E-state index contributed by atoms with van der Waals surface area (Å²) >= 11 is 3.79. The summed E-state index contributed by atoms with van der Waals surface area (Å²) in [5.41, 5.74) is 1.07. The Labute approximate surface area is 205 Å². The van der Waals surface area contributed by atoms with Crippen molar-refractivity contribution >= 4 is 68.5 Å². The van der Waals surface area contributed by atoms with E-state index >= 15 is 0 Å². The molecule has 3 aromatic rings. The zero-order chi connectivity index (χ0) is 22.4. The molecule has 0 radical (unpaired) electrons. The molecule has 31 heavy (non-hydrogen) atoms. The Balaban J connectivity index is 1.61. The maximum absolute atomic E-state index is 12.7. The molecule has 7 nitrogen and oxygen atoms in total. The molecule has 3 rings (SSSR count). The van der Waals surface area contributed by atoms with Crippen molar-refractivity contribution in [2.24, 2.45) is 0 Å². The Morgan fingerprint density at radius 3 is 2.19 bits per heavy atom. The Morgan fingerprint density at radius 1 is 0.903 bits per heavy atom. The Hall–Kier alpha value is -2.54. The molecule has 2 aromatic carbocycles. The summed E-state index contributed by atoms with van der Waals surface area (Å²) in [6, 6.07) is 15.4. The number of amides is 1. The molecule has 0 aliphatic heterocycles. The van der Waals surface area contributed by atoms with E-state index in [-0.39, 0.29) is 17.8 Å². The number of ketones is 1. The first kappa shape index (κ1) is 23.1. The van der Waals surface area contributed by atoms with Crippen LogP contribution in [0.2, 0.25) is 0 Å². The number of carbonyl (C=O) groups excluding carboxylic acids is 3. The van der Waals surface area contributed by atoms with Crippen LogP contribution in [0, 0.1) is 7.14 Å². The molecule has 0 spiro atoms. The van der Waals surface area contributed by atoms with Gasteiger partial charge in [0.2, 0.25) is 5.43 Å². The number of pyridine rings is 1. The van der Waals surface area contributed by atoms with E-state index in [2.05, 4.69) is 5.32 Å². The molecule has 0 atom stereocenters. The van der Waals surface area contributed by atoms with Crippen molar-refractivity contribution in [3.05, 3.63) is 95.5 Å². The zero-order valence-electron chi connectivity index (χ0n) is 16.0. The normalized spacial score (nSPS) is 10.4. The van der Waals surface area contributed by atoms with E-state index in [4.69, 9.17) is 4.74 Å².